The van der Waals surface area contributed by atoms with Gasteiger partial charge in [-0.3, -0.25) is 4.79 Å². The van der Waals surface area contributed by atoms with Crippen molar-refractivity contribution in [2.45, 2.75) is 33.3 Å². The van der Waals surface area contributed by atoms with Crippen LogP contribution in [-0.2, 0) is 11.4 Å². The molecule has 2 aromatic carbocycles. The highest BCUT2D eigenvalue weighted by atomic mass is 35.5. The maximum atomic E-state index is 13.1. The third-order valence-corrected chi connectivity index (χ3v) is 3.84. The molecule has 0 aromatic heterocycles. The molecule has 0 radical (unpaired) electrons. The lowest BCUT2D eigenvalue weighted by atomic mass is 10.1. The minimum atomic E-state index is -2.63. The maximum Gasteiger partial charge on any atom is 0.267 e. The van der Waals surface area contributed by atoms with Gasteiger partial charge in [0.15, 0.2) is 0 Å². The zero-order chi connectivity index (χ0) is 17.7. The molecule has 2 rings (SSSR count). The van der Waals surface area contributed by atoms with E-state index in [-0.39, 0.29) is 23.8 Å². The molecule has 0 aliphatic heterocycles. The first-order valence-electron chi connectivity index (χ1n) is 7.51. The van der Waals surface area contributed by atoms with E-state index in [0.29, 0.717) is 22.7 Å². The van der Waals surface area contributed by atoms with Crippen molar-refractivity contribution in [3.63, 3.8) is 0 Å². The molecule has 1 N–H and O–H groups in total. The van der Waals surface area contributed by atoms with Crippen LogP contribution in [-0.4, -0.2) is 5.91 Å². The van der Waals surface area contributed by atoms with Crippen molar-refractivity contribution >= 4 is 23.2 Å². The summed E-state index contributed by atoms with van der Waals surface area (Å²) >= 11 is 6.17. The lowest BCUT2D eigenvalue weighted by Gasteiger charge is -2.15. The van der Waals surface area contributed by atoms with Crippen LogP contribution in [0.1, 0.15) is 36.5 Å². The maximum absolute atomic E-state index is 13.1. The van der Waals surface area contributed by atoms with E-state index in [1.165, 1.54) is 12.1 Å². The fourth-order valence-corrected chi connectivity index (χ4v) is 2.41. The Hall–Kier alpha value is -2.14. The average Bonchev–Trinajstić information content (AvgIpc) is 2.55. The number of hydrogen-bond acceptors (Lipinski definition) is 2. The summed E-state index contributed by atoms with van der Waals surface area (Å²) in [4.78, 5) is 11.6. The third-order valence-electron chi connectivity index (χ3n) is 3.49. The Kier molecular flexibility index (Phi) is 6.15. The molecule has 0 saturated heterocycles. The molecule has 0 unspecified atom stereocenters. The fourth-order valence-electron chi connectivity index (χ4n) is 2.18. The molecule has 0 saturated carbocycles. The number of carbonyl (C=O) groups excluding carboxylic acids is 1. The van der Waals surface area contributed by atoms with Gasteiger partial charge in [-0.2, -0.15) is 0 Å². The number of ether oxygens (including phenoxy) is 1. The van der Waals surface area contributed by atoms with Crippen LogP contribution in [0.15, 0.2) is 36.4 Å². The molecule has 128 valence electrons. The van der Waals surface area contributed by atoms with E-state index in [2.05, 4.69) is 5.32 Å². The zero-order valence-corrected chi connectivity index (χ0v) is 14.2. The third kappa shape index (κ3) is 4.45. The molecular weight excluding hydrogens is 336 g/mol. The average molecular weight is 354 g/mol. The molecule has 0 fully saturated rings. The normalized spacial score (nSPS) is 10.8. The van der Waals surface area contributed by atoms with E-state index in [1.54, 1.807) is 38.1 Å². The van der Waals surface area contributed by atoms with E-state index < -0.39 is 6.43 Å². The van der Waals surface area contributed by atoms with Crippen molar-refractivity contribution in [1.29, 1.82) is 0 Å². The summed E-state index contributed by atoms with van der Waals surface area (Å²) in [6, 6.07) is 9.66. The van der Waals surface area contributed by atoms with Crippen LogP contribution in [0.5, 0.6) is 5.75 Å². The van der Waals surface area contributed by atoms with Gasteiger partial charge in [-0.25, -0.2) is 8.78 Å². The van der Waals surface area contributed by atoms with Gasteiger partial charge < -0.3 is 10.1 Å². The summed E-state index contributed by atoms with van der Waals surface area (Å²) in [5.41, 5.74) is 1.62. The molecule has 0 atom stereocenters. The second-order valence-electron chi connectivity index (χ2n) is 5.30. The van der Waals surface area contributed by atoms with Gasteiger partial charge >= 0.3 is 0 Å². The summed E-state index contributed by atoms with van der Waals surface area (Å²) in [5.74, 6) is -0.0644. The van der Waals surface area contributed by atoms with Gasteiger partial charge in [-0.05, 0) is 31.2 Å². The molecule has 3 nitrogen and oxygen atoms in total. The van der Waals surface area contributed by atoms with E-state index in [9.17, 15) is 13.6 Å². The van der Waals surface area contributed by atoms with E-state index in [0.717, 1.165) is 5.56 Å². The standard InChI is InChI=1S/C18H18ClF2NO2/c1-3-17(23)22-15-6-4-5-14(19)13(15)10-24-16-8-7-11(2)9-12(16)18(20)21/h4-9,18H,3,10H2,1-2H3,(H,22,23). The van der Waals surface area contributed by atoms with Gasteiger partial charge in [-0.1, -0.05) is 36.2 Å². The first-order chi connectivity index (χ1) is 11.4. The summed E-state index contributed by atoms with van der Waals surface area (Å²) in [6.07, 6.45) is -2.31. The van der Waals surface area contributed by atoms with Crippen LogP contribution in [0, 0.1) is 6.92 Å². The lowest BCUT2D eigenvalue weighted by molar-refractivity contribution is -0.115. The van der Waals surface area contributed by atoms with Gasteiger partial charge in [0.1, 0.15) is 12.4 Å². The lowest BCUT2D eigenvalue weighted by Crippen LogP contribution is -2.12. The molecule has 0 aliphatic carbocycles. The molecule has 0 heterocycles. The molecule has 0 spiro atoms. The highest BCUT2D eigenvalue weighted by molar-refractivity contribution is 6.31. The summed E-state index contributed by atoms with van der Waals surface area (Å²) < 4.78 is 31.9. The van der Waals surface area contributed by atoms with Crippen LogP contribution in [0.3, 0.4) is 0 Å². The van der Waals surface area contributed by atoms with Crippen molar-refractivity contribution in [3.8, 4) is 5.75 Å². The predicted molar refractivity (Wildman–Crippen MR) is 90.8 cm³/mol. The van der Waals surface area contributed by atoms with Crippen molar-refractivity contribution in [2.75, 3.05) is 5.32 Å². The Morgan fingerprint density at radius 3 is 2.71 bits per heavy atom. The van der Waals surface area contributed by atoms with E-state index in [1.807, 2.05) is 0 Å². The molecule has 0 bridgehead atoms. The van der Waals surface area contributed by atoms with Crippen molar-refractivity contribution in [1.82, 2.24) is 0 Å². The number of carbonyl (C=O) groups is 1. The first-order valence-corrected chi connectivity index (χ1v) is 7.89. The molecule has 2 aromatic rings. The molecule has 1 amide bonds. The van der Waals surface area contributed by atoms with Gasteiger partial charge in [0.2, 0.25) is 5.91 Å². The summed E-state index contributed by atoms with van der Waals surface area (Å²) in [6.45, 7) is 3.45. The largest absolute Gasteiger partial charge is 0.488 e. The minimum absolute atomic E-state index is 0.0260. The Labute approximate surface area is 144 Å². The number of amides is 1. The number of hydrogen-bond donors (Lipinski definition) is 1. The van der Waals surface area contributed by atoms with Gasteiger partial charge in [0.05, 0.1) is 5.56 Å². The van der Waals surface area contributed by atoms with Crippen molar-refractivity contribution in [2.24, 2.45) is 0 Å². The molecular formula is C18H18ClF2NO2. The number of aryl methyl sites for hydroxylation is 1. The zero-order valence-electron chi connectivity index (χ0n) is 13.4. The van der Waals surface area contributed by atoms with Gasteiger partial charge in [0.25, 0.3) is 6.43 Å². The first kappa shape index (κ1) is 18.2. The molecule has 0 aliphatic rings. The van der Waals surface area contributed by atoms with Gasteiger partial charge in [-0.15, -0.1) is 0 Å². The molecule has 6 heteroatoms. The highest BCUT2D eigenvalue weighted by Gasteiger charge is 2.16. The van der Waals surface area contributed by atoms with Crippen molar-refractivity contribution < 1.29 is 18.3 Å². The summed E-state index contributed by atoms with van der Waals surface area (Å²) in [7, 11) is 0. The van der Waals surface area contributed by atoms with E-state index in [4.69, 9.17) is 16.3 Å². The van der Waals surface area contributed by atoms with Crippen LogP contribution in [0.4, 0.5) is 14.5 Å². The number of rotatable bonds is 6. The fraction of sp³-hybridized carbons (Fsp3) is 0.278. The topological polar surface area (TPSA) is 38.3 Å². The van der Waals surface area contributed by atoms with Crippen LogP contribution < -0.4 is 10.1 Å². The van der Waals surface area contributed by atoms with Gasteiger partial charge in [0, 0.05) is 22.7 Å². The van der Waals surface area contributed by atoms with Crippen molar-refractivity contribution in [3.05, 3.63) is 58.1 Å². The van der Waals surface area contributed by atoms with Crippen LogP contribution in [0.2, 0.25) is 5.02 Å². The SMILES string of the molecule is CCC(=O)Nc1cccc(Cl)c1COc1ccc(C)cc1C(F)F. The highest BCUT2D eigenvalue weighted by Crippen LogP contribution is 2.32. The number of halogens is 3. The van der Waals surface area contributed by atoms with Crippen LogP contribution >= 0.6 is 11.6 Å². The number of benzene rings is 2. The second kappa shape index (κ2) is 8.11. The van der Waals surface area contributed by atoms with Crippen LogP contribution in [0.25, 0.3) is 0 Å². The number of nitrogens with one attached hydrogen (secondary N) is 1. The quantitative estimate of drug-likeness (QED) is 0.743. The molecule has 24 heavy (non-hydrogen) atoms. The Morgan fingerprint density at radius 1 is 1.29 bits per heavy atom. The minimum Gasteiger partial charge on any atom is -0.488 e. The Morgan fingerprint density at radius 2 is 2.04 bits per heavy atom. The number of alkyl halides is 2. The monoisotopic (exact) mass is 353 g/mol. The van der Waals surface area contributed by atoms with E-state index >= 15 is 0 Å². The summed E-state index contributed by atoms with van der Waals surface area (Å²) in [5, 5.41) is 3.13. The second-order valence-corrected chi connectivity index (χ2v) is 5.71. The Balaban J connectivity index is 2.25. The predicted octanol–water partition coefficient (Wildman–Crippen LogP) is 5.51. The smallest absolute Gasteiger partial charge is 0.267 e. The number of anilines is 1. The Bertz CT molecular complexity index is 735.